The number of hydrogen-bond donors (Lipinski definition) is 1. The molecule has 1 saturated heterocycles. The maximum absolute atomic E-state index is 12.4. The van der Waals surface area contributed by atoms with E-state index in [2.05, 4.69) is 10.5 Å². The molecular weight excluding hydrogens is 419 g/mol. The number of nitrogens with one attached hydrogen (secondary N) is 1. The highest BCUT2D eigenvalue weighted by Gasteiger charge is 2.28. The molecule has 2 heterocycles. The van der Waals surface area contributed by atoms with E-state index in [9.17, 15) is 9.00 Å². The lowest BCUT2D eigenvalue weighted by molar-refractivity contribution is 0.0857. The van der Waals surface area contributed by atoms with Crippen LogP contribution in [0.3, 0.4) is 0 Å². The van der Waals surface area contributed by atoms with Gasteiger partial charge in [-0.05, 0) is 53.9 Å². The summed E-state index contributed by atoms with van der Waals surface area (Å²) in [4.78, 5) is 18.0. The molecule has 0 spiro atoms. The minimum absolute atomic E-state index is 0.00490. The standard InChI is InChI=1S/C20H18Cl2N2O3S/c1-11-4-12(2-3-17(11)20(25)23-16-9-28(26)10-16)18-8-19(27-24-18)13-5-14(21)7-15(22)6-13/h2-7,16,19H,8-10H2,1H3,(H,23,25)/t16?,19-,28?/m0/s1. The molecule has 2 aliphatic heterocycles. The molecule has 4 rings (SSSR count). The van der Waals surface area contributed by atoms with Gasteiger partial charge in [0.2, 0.25) is 0 Å². The Morgan fingerprint density at radius 1 is 1.18 bits per heavy atom. The van der Waals surface area contributed by atoms with Gasteiger partial charge in [0.1, 0.15) is 0 Å². The number of rotatable bonds is 4. The third kappa shape index (κ3) is 4.09. The predicted octanol–water partition coefficient (Wildman–Crippen LogP) is 4.03. The van der Waals surface area contributed by atoms with Crippen molar-refractivity contribution in [3.05, 3.63) is 68.7 Å². The second-order valence-corrected chi connectivity index (χ2v) is 9.43. The largest absolute Gasteiger partial charge is 0.387 e. The molecule has 2 aromatic carbocycles. The average molecular weight is 437 g/mol. The fraction of sp³-hybridized carbons (Fsp3) is 0.300. The minimum atomic E-state index is -0.789. The fourth-order valence-corrected chi connectivity index (χ4v) is 4.84. The number of benzene rings is 2. The van der Waals surface area contributed by atoms with Crippen molar-refractivity contribution in [3.8, 4) is 0 Å². The molecule has 1 atom stereocenters. The minimum Gasteiger partial charge on any atom is -0.387 e. The van der Waals surface area contributed by atoms with Gasteiger partial charge in [-0.2, -0.15) is 0 Å². The number of carbonyl (C=O) groups is 1. The molecule has 2 aromatic rings. The SMILES string of the molecule is Cc1cc(C2=NO[C@H](c3cc(Cl)cc(Cl)c3)C2)ccc1C(=O)NC1CS(=O)C1. The van der Waals surface area contributed by atoms with Crippen LogP contribution < -0.4 is 5.32 Å². The maximum Gasteiger partial charge on any atom is 0.251 e. The van der Waals surface area contributed by atoms with Gasteiger partial charge in [0, 0.05) is 44.3 Å². The molecule has 2 aliphatic rings. The number of aryl methyl sites for hydroxylation is 1. The average Bonchev–Trinajstić information content (AvgIpc) is 3.09. The third-order valence-corrected chi connectivity index (χ3v) is 6.82. The van der Waals surface area contributed by atoms with Crippen LogP contribution in [0.5, 0.6) is 0 Å². The lowest BCUT2D eigenvalue weighted by Gasteiger charge is -2.26. The molecule has 28 heavy (non-hydrogen) atoms. The van der Waals surface area contributed by atoms with Crippen molar-refractivity contribution in [1.82, 2.24) is 5.32 Å². The van der Waals surface area contributed by atoms with Crippen molar-refractivity contribution in [2.75, 3.05) is 11.5 Å². The monoisotopic (exact) mass is 436 g/mol. The zero-order chi connectivity index (χ0) is 19.8. The Morgan fingerprint density at radius 2 is 1.89 bits per heavy atom. The Kier molecular flexibility index (Phi) is 5.45. The summed E-state index contributed by atoms with van der Waals surface area (Å²) in [6.07, 6.45) is 0.351. The zero-order valence-electron chi connectivity index (χ0n) is 15.1. The second-order valence-electron chi connectivity index (χ2n) is 7.01. The summed E-state index contributed by atoms with van der Waals surface area (Å²) in [6, 6.07) is 10.9. The first-order valence-electron chi connectivity index (χ1n) is 8.84. The Balaban J connectivity index is 1.46. The van der Waals surface area contributed by atoms with Crippen LogP contribution in [0.4, 0.5) is 0 Å². The topological polar surface area (TPSA) is 67.8 Å². The van der Waals surface area contributed by atoms with Gasteiger partial charge in [0.25, 0.3) is 5.91 Å². The molecule has 0 aromatic heterocycles. The number of hydrogen-bond acceptors (Lipinski definition) is 4. The molecule has 1 fully saturated rings. The van der Waals surface area contributed by atoms with Gasteiger partial charge < -0.3 is 10.2 Å². The lowest BCUT2D eigenvalue weighted by atomic mass is 9.97. The van der Waals surface area contributed by atoms with Crippen molar-refractivity contribution < 1.29 is 13.8 Å². The van der Waals surface area contributed by atoms with E-state index in [0.717, 1.165) is 22.4 Å². The summed E-state index contributed by atoms with van der Waals surface area (Å²) in [5.41, 5.74) is 4.06. The number of nitrogens with zero attached hydrogens (tertiary/aromatic N) is 1. The van der Waals surface area contributed by atoms with E-state index in [1.54, 1.807) is 12.1 Å². The van der Waals surface area contributed by atoms with Gasteiger partial charge >= 0.3 is 0 Å². The highest BCUT2D eigenvalue weighted by molar-refractivity contribution is 7.86. The Labute approximate surface area is 175 Å². The summed E-state index contributed by atoms with van der Waals surface area (Å²) in [5.74, 6) is 0.930. The molecule has 1 amide bonds. The number of amides is 1. The van der Waals surface area contributed by atoms with Crippen LogP contribution in [-0.4, -0.2) is 33.4 Å². The van der Waals surface area contributed by atoms with Crippen molar-refractivity contribution in [2.24, 2.45) is 5.16 Å². The van der Waals surface area contributed by atoms with Crippen molar-refractivity contribution >= 4 is 45.6 Å². The van der Waals surface area contributed by atoms with E-state index in [-0.39, 0.29) is 18.1 Å². The first-order valence-corrected chi connectivity index (χ1v) is 11.1. The number of oxime groups is 1. The Hall–Kier alpha value is -1.89. The van der Waals surface area contributed by atoms with E-state index in [1.165, 1.54) is 0 Å². The van der Waals surface area contributed by atoms with Crippen LogP contribution in [0.15, 0.2) is 41.6 Å². The van der Waals surface area contributed by atoms with Crippen LogP contribution >= 0.6 is 23.2 Å². The first kappa shape index (κ1) is 19.4. The summed E-state index contributed by atoms with van der Waals surface area (Å²) < 4.78 is 11.2. The molecule has 0 aliphatic carbocycles. The summed E-state index contributed by atoms with van der Waals surface area (Å²) in [7, 11) is -0.789. The predicted molar refractivity (Wildman–Crippen MR) is 112 cm³/mol. The highest BCUT2D eigenvalue weighted by Crippen LogP contribution is 2.33. The van der Waals surface area contributed by atoms with Crippen molar-refractivity contribution in [2.45, 2.75) is 25.5 Å². The van der Waals surface area contributed by atoms with E-state index in [4.69, 9.17) is 28.0 Å². The van der Waals surface area contributed by atoms with Gasteiger partial charge in [0.05, 0.1) is 11.8 Å². The Bertz CT molecular complexity index is 981. The molecule has 0 unspecified atom stereocenters. The van der Waals surface area contributed by atoms with Crippen LogP contribution in [0.25, 0.3) is 0 Å². The smallest absolute Gasteiger partial charge is 0.251 e. The zero-order valence-corrected chi connectivity index (χ0v) is 17.4. The van der Waals surface area contributed by atoms with E-state index in [1.807, 2.05) is 31.2 Å². The normalized spacial score (nSPS) is 23.5. The van der Waals surface area contributed by atoms with Crippen LogP contribution in [0.2, 0.25) is 10.0 Å². The van der Waals surface area contributed by atoms with E-state index >= 15 is 0 Å². The highest BCUT2D eigenvalue weighted by atomic mass is 35.5. The van der Waals surface area contributed by atoms with Gasteiger partial charge in [0.15, 0.2) is 6.10 Å². The molecule has 5 nitrogen and oxygen atoms in total. The molecule has 8 heteroatoms. The van der Waals surface area contributed by atoms with Gasteiger partial charge in [-0.1, -0.05) is 34.4 Å². The quantitative estimate of drug-likeness (QED) is 0.786. The summed E-state index contributed by atoms with van der Waals surface area (Å²) >= 11 is 12.2. The lowest BCUT2D eigenvalue weighted by Crippen LogP contribution is -2.50. The summed E-state index contributed by atoms with van der Waals surface area (Å²) in [6.45, 7) is 1.89. The van der Waals surface area contributed by atoms with Crippen LogP contribution in [0, 0.1) is 6.92 Å². The number of halogens is 2. The van der Waals surface area contributed by atoms with Crippen molar-refractivity contribution in [3.63, 3.8) is 0 Å². The molecule has 0 radical (unpaired) electrons. The molecule has 0 saturated carbocycles. The van der Waals surface area contributed by atoms with Gasteiger partial charge in [-0.25, -0.2) is 0 Å². The van der Waals surface area contributed by atoms with Crippen molar-refractivity contribution in [1.29, 1.82) is 0 Å². The van der Waals surface area contributed by atoms with E-state index in [0.29, 0.717) is 33.5 Å². The van der Waals surface area contributed by atoms with Crippen LogP contribution in [-0.2, 0) is 15.6 Å². The number of carbonyl (C=O) groups excluding carboxylic acids is 1. The maximum atomic E-state index is 12.4. The third-order valence-electron chi connectivity index (χ3n) is 4.84. The first-order chi connectivity index (χ1) is 13.4. The Morgan fingerprint density at radius 3 is 2.54 bits per heavy atom. The van der Waals surface area contributed by atoms with Gasteiger partial charge in [-0.15, -0.1) is 0 Å². The fourth-order valence-electron chi connectivity index (χ4n) is 3.33. The molecule has 0 bridgehead atoms. The second kappa shape index (κ2) is 7.85. The molecule has 146 valence electrons. The van der Waals surface area contributed by atoms with E-state index < -0.39 is 10.8 Å². The summed E-state index contributed by atoms with van der Waals surface area (Å²) in [5, 5.41) is 8.25. The molecule has 1 N–H and O–H groups in total. The molecular formula is C20H18Cl2N2O3S. The van der Waals surface area contributed by atoms with Gasteiger partial charge in [-0.3, -0.25) is 9.00 Å². The van der Waals surface area contributed by atoms with Crippen LogP contribution in [0.1, 0.15) is 39.6 Å².